The van der Waals surface area contributed by atoms with Gasteiger partial charge in [-0.15, -0.1) is 0 Å². The van der Waals surface area contributed by atoms with Gasteiger partial charge < -0.3 is 10.6 Å². The summed E-state index contributed by atoms with van der Waals surface area (Å²) in [5.41, 5.74) is 2.09. The third kappa shape index (κ3) is 5.85. The van der Waals surface area contributed by atoms with Gasteiger partial charge in [-0.25, -0.2) is 0 Å². The van der Waals surface area contributed by atoms with Gasteiger partial charge in [-0.3, -0.25) is 14.5 Å². The van der Waals surface area contributed by atoms with Crippen molar-refractivity contribution < 1.29 is 9.59 Å². The molecule has 138 valence electrons. The number of carbonyl (C=O) groups excluding carboxylic acids is 2. The van der Waals surface area contributed by atoms with Gasteiger partial charge in [0, 0.05) is 19.0 Å². The number of benzene rings is 1. The molecular formula is C20H31N3O2. The van der Waals surface area contributed by atoms with Gasteiger partial charge in [0.2, 0.25) is 11.8 Å². The maximum absolute atomic E-state index is 12.6. The molecule has 2 N–H and O–H groups in total. The molecule has 0 radical (unpaired) electrons. The highest BCUT2D eigenvalue weighted by Gasteiger charge is 2.24. The predicted molar refractivity (Wildman–Crippen MR) is 100 cm³/mol. The van der Waals surface area contributed by atoms with Crippen LogP contribution < -0.4 is 10.6 Å². The lowest BCUT2D eigenvalue weighted by Crippen LogP contribution is -2.41. The highest BCUT2D eigenvalue weighted by molar-refractivity contribution is 5.84. The quantitative estimate of drug-likeness (QED) is 0.798. The van der Waals surface area contributed by atoms with Gasteiger partial charge in [0.25, 0.3) is 0 Å². The minimum absolute atomic E-state index is 0.0319. The third-order valence-electron chi connectivity index (χ3n) is 4.87. The van der Waals surface area contributed by atoms with Crippen LogP contribution in [0.4, 0.5) is 0 Å². The standard InChI is InChI=1S/C20H31N3O2/c1-15-9-7-8-12-17(15)19(23(2)3)20(25)21-14-13-18(24)22-16-10-5-4-6-11-16/h7-9,12,16,19H,4-6,10-11,13-14H2,1-3H3,(H,21,25)(H,22,24)/t19-/m0/s1. The molecule has 0 heterocycles. The van der Waals surface area contributed by atoms with Gasteiger partial charge in [0.15, 0.2) is 0 Å². The van der Waals surface area contributed by atoms with Gasteiger partial charge >= 0.3 is 0 Å². The summed E-state index contributed by atoms with van der Waals surface area (Å²) in [6.07, 6.45) is 6.15. The van der Waals surface area contributed by atoms with E-state index in [1.807, 2.05) is 50.2 Å². The van der Waals surface area contributed by atoms with Gasteiger partial charge in [-0.2, -0.15) is 0 Å². The summed E-state index contributed by atoms with van der Waals surface area (Å²) in [7, 11) is 3.79. The second-order valence-electron chi connectivity index (χ2n) is 7.17. The number of carbonyl (C=O) groups is 2. The maximum atomic E-state index is 12.6. The zero-order valence-corrected chi connectivity index (χ0v) is 15.7. The van der Waals surface area contributed by atoms with Crippen LogP contribution in [0.2, 0.25) is 0 Å². The van der Waals surface area contributed by atoms with Crippen LogP contribution in [0.25, 0.3) is 0 Å². The molecule has 5 heteroatoms. The number of rotatable bonds is 7. The Bertz CT molecular complexity index is 580. The summed E-state index contributed by atoms with van der Waals surface area (Å²) < 4.78 is 0. The molecule has 1 saturated carbocycles. The minimum Gasteiger partial charge on any atom is -0.354 e. The fraction of sp³-hybridized carbons (Fsp3) is 0.600. The lowest BCUT2D eigenvalue weighted by Gasteiger charge is -2.25. The molecule has 1 fully saturated rings. The summed E-state index contributed by atoms with van der Waals surface area (Å²) in [5, 5.41) is 6.00. The van der Waals surface area contributed by atoms with Crippen molar-refractivity contribution in [2.24, 2.45) is 0 Å². The van der Waals surface area contributed by atoms with E-state index < -0.39 is 0 Å². The van der Waals surface area contributed by atoms with Gasteiger partial charge in [-0.05, 0) is 45.0 Å². The van der Waals surface area contributed by atoms with Crippen LogP contribution in [-0.2, 0) is 9.59 Å². The molecule has 1 aromatic carbocycles. The van der Waals surface area contributed by atoms with Crippen molar-refractivity contribution in [2.75, 3.05) is 20.6 Å². The van der Waals surface area contributed by atoms with E-state index >= 15 is 0 Å². The number of hydrogen-bond donors (Lipinski definition) is 2. The molecule has 0 aliphatic heterocycles. The van der Waals surface area contributed by atoms with E-state index in [-0.39, 0.29) is 17.9 Å². The van der Waals surface area contributed by atoms with Crippen LogP contribution in [0, 0.1) is 6.92 Å². The molecule has 1 aromatic rings. The van der Waals surface area contributed by atoms with Gasteiger partial charge in [0.1, 0.15) is 6.04 Å². The Morgan fingerprint density at radius 2 is 1.84 bits per heavy atom. The molecule has 0 spiro atoms. The van der Waals surface area contributed by atoms with Gasteiger partial charge in [-0.1, -0.05) is 43.5 Å². The zero-order valence-electron chi connectivity index (χ0n) is 15.7. The first-order chi connectivity index (χ1) is 12.0. The first kappa shape index (κ1) is 19.4. The van der Waals surface area contributed by atoms with Crippen LogP contribution in [0.3, 0.4) is 0 Å². The Balaban J connectivity index is 1.83. The number of likely N-dealkylation sites (N-methyl/N-ethyl adjacent to an activating group) is 1. The van der Waals surface area contributed by atoms with E-state index in [2.05, 4.69) is 10.6 Å². The summed E-state index contributed by atoms with van der Waals surface area (Å²) in [5.74, 6) is -0.0331. The van der Waals surface area contributed by atoms with E-state index in [1.165, 1.54) is 19.3 Å². The second-order valence-corrected chi connectivity index (χ2v) is 7.17. The molecule has 0 bridgehead atoms. The normalized spacial score (nSPS) is 16.5. The van der Waals surface area contributed by atoms with Crippen molar-refractivity contribution in [3.8, 4) is 0 Å². The molecule has 5 nitrogen and oxygen atoms in total. The summed E-state index contributed by atoms with van der Waals surface area (Å²) >= 11 is 0. The topological polar surface area (TPSA) is 61.4 Å². The fourth-order valence-electron chi connectivity index (χ4n) is 3.49. The van der Waals surface area contributed by atoms with Crippen molar-refractivity contribution in [2.45, 2.75) is 57.5 Å². The number of amides is 2. The Labute approximate surface area is 151 Å². The van der Waals surface area contributed by atoms with Crippen LogP contribution in [0.15, 0.2) is 24.3 Å². The highest BCUT2D eigenvalue weighted by Crippen LogP contribution is 2.22. The Morgan fingerprint density at radius 3 is 2.48 bits per heavy atom. The average molecular weight is 345 g/mol. The summed E-state index contributed by atoms with van der Waals surface area (Å²) in [4.78, 5) is 26.6. The number of hydrogen-bond acceptors (Lipinski definition) is 3. The molecule has 2 rings (SSSR count). The molecule has 25 heavy (non-hydrogen) atoms. The molecule has 1 aliphatic rings. The first-order valence-electron chi connectivity index (χ1n) is 9.28. The number of nitrogens with zero attached hydrogens (tertiary/aromatic N) is 1. The third-order valence-corrected chi connectivity index (χ3v) is 4.87. The van der Waals surface area contributed by atoms with Crippen molar-refractivity contribution >= 4 is 11.8 Å². The number of aryl methyl sites for hydroxylation is 1. The minimum atomic E-state index is -0.345. The maximum Gasteiger partial charge on any atom is 0.241 e. The molecule has 0 aromatic heterocycles. The van der Waals surface area contributed by atoms with E-state index in [1.54, 1.807) is 0 Å². The van der Waals surface area contributed by atoms with Gasteiger partial charge in [0.05, 0.1) is 0 Å². The van der Waals surface area contributed by atoms with E-state index in [9.17, 15) is 9.59 Å². The molecule has 1 aliphatic carbocycles. The SMILES string of the molecule is Cc1ccccc1[C@@H](C(=O)NCCC(=O)NC1CCCCC1)N(C)C. The van der Waals surface area contributed by atoms with Crippen molar-refractivity contribution in [1.29, 1.82) is 0 Å². The molecule has 0 unspecified atom stereocenters. The Hall–Kier alpha value is -1.88. The predicted octanol–water partition coefficient (Wildman–Crippen LogP) is 2.55. The number of nitrogens with one attached hydrogen (secondary N) is 2. The lowest BCUT2D eigenvalue weighted by atomic mass is 9.95. The van der Waals surface area contributed by atoms with E-state index in [0.717, 1.165) is 24.0 Å². The van der Waals surface area contributed by atoms with Crippen LogP contribution in [0.5, 0.6) is 0 Å². The molecule has 0 saturated heterocycles. The second kappa shape index (κ2) is 9.56. The molecular weight excluding hydrogens is 314 g/mol. The zero-order chi connectivity index (χ0) is 18.2. The van der Waals surface area contributed by atoms with Crippen LogP contribution in [-0.4, -0.2) is 43.4 Å². The fourth-order valence-corrected chi connectivity index (χ4v) is 3.49. The highest BCUT2D eigenvalue weighted by atomic mass is 16.2. The molecule has 1 atom stereocenters. The summed E-state index contributed by atoms with van der Waals surface area (Å²) in [6.45, 7) is 2.38. The Morgan fingerprint density at radius 1 is 1.16 bits per heavy atom. The van der Waals surface area contributed by atoms with E-state index in [4.69, 9.17) is 0 Å². The van der Waals surface area contributed by atoms with Crippen molar-refractivity contribution in [3.05, 3.63) is 35.4 Å². The van der Waals surface area contributed by atoms with Crippen LogP contribution in [0.1, 0.15) is 55.7 Å². The average Bonchev–Trinajstić information content (AvgIpc) is 2.57. The Kier molecular flexibility index (Phi) is 7.44. The lowest BCUT2D eigenvalue weighted by molar-refractivity contribution is -0.126. The summed E-state index contributed by atoms with van der Waals surface area (Å²) in [6, 6.07) is 7.88. The monoisotopic (exact) mass is 345 g/mol. The van der Waals surface area contributed by atoms with Crippen molar-refractivity contribution in [1.82, 2.24) is 15.5 Å². The molecule has 2 amide bonds. The van der Waals surface area contributed by atoms with E-state index in [0.29, 0.717) is 19.0 Å². The van der Waals surface area contributed by atoms with Crippen LogP contribution >= 0.6 is 0 Å². The smallest absolute Gasteiger partial charge is 0.241 e. The largest absolute Gasteiger partial charge is 0.354 e. The van der Waals surface area contributed by atoms with Crippen molar-refractivity contribution in [3.63, 3.8) is 0 Å². The first-order valence-corrected chi connectivity index (χ1v) is 9.28.